The van der Waals surface area contributed by atoms with Crippen molar-refractivity contribution in [2.24, 2.45) is 0 Å². The highest BCUT2D eigenvalue weighted by Crippen LogP contribution is 2.26. The van der Waals surface area contributed by atoms with E-state index in [0.29, 0.717) is 11.5 Å². The van der Waals surface area contributed by atoms with Crippen LogP contribution in [0, 0.1) is 12.7 Å². The highest BCUT2D eigenvalue weighted by molar-refractivity contribution is 7.92. The Labute approximate surface area is 191 Å². The summed E-state index contributed by atoms with van der Waals surface area (Å²) in [5, 5.41) is 11.9. The summed E-state index contributed by atoms with van der Waals surface area (Å²) in [6.45, 7) is 1.60. The minimum atomic E-state index is -3.81. The van der Waals surface area contributed by atoms with Crippen molar-refractivity contribution >= 4 is 27.3 Å². The first-order chi connectivity index (χ1) is 15.7. The molecule has 0 saturated carbocycles. The van der Waals surface area contributed by atoms with Gasteiger partial charge in [0, 0.05) is 5.69 Å². The number of hydrogen-bond donors (Lipinski definition) is 3. The van der Waals surface area contributed by atoms with E-state index in [1.54, 1.807) is 24.3 Å². The van der Waals surface area contributed by atoms with Crippen LogP contribution in [0.5, 0.6) is 11.5 Å². The number of hydrogen-bond acceptors (Lipinski definition) is 6. The molecule has 1 amide bonds. The fourth-order valence-electron chi connectivity index (χ4n) is 3.07. The molecule has 0 radical (unpaired) electrons. The fourth-order valence-corrected chi connectivity index (χ4v) is 4.00. The van der Waals surface area contributed by atoms with E-state index in [1.807, 2.05) is 31.2 Å². The summed E-state index contributed by atoms with van der Waals surface area (Å²) in [4.78, 5) is 12.2. The van der Waals surface area contributed by atoms with Crippen molar-refractivity contribution in [1.82, 2.24) is 5.48 Å². The summed E-state index contributed by atoms with van der Waals surface area (Å²) in [5.74, 6) is -0.287. The van der Waals surface area contributed by atoms with Gasteiger partial charge in [0.15, 0.2) is 0 Å². The van der Waals surface area contributed by atoms with Crippen LogP contribution < -0.4 is 19.8 Å². The largest absolute Gasteiger partial charge is 0.457 e. The summed E-state index contributed by atoms with van der Waals surface area (Å²) in [6, 6.07) is 17.9. The molecule has 8 nitrogen and oxygen atoms in total. The number of ether oxygens (including phenoxy) is 1. The SMILES string of the molecule is Cc1ccc(Oc2ccc(N(CC(Nc3cccc(F)c3)C(=O)NO)S(C)(=O)=O)cc2)cc1. The second kappa shape index (κ2) is 10.3. The molecule has 0 aliphatic rings. The summed E-state index contributed by atoms with van der Waals surface area (Å²) in [7, 11) is -3.81. The smallest absolute Gasteiger partial charge is 0.267 e. The molecule has 0 aromatic heterocycles. The zero-order chi connectivity index (χ0) is 24.0. The predicted octanol–water partition coefficient (Wildman–Crippen LogP) is 3.68. The Morgan fingerprint density at radius 2 is 1.67 bits per heavy atom. The van der Waals surface area contributed by atoms with Crippen LogP contribution in [0.1, 0.15) is 5.56 Å². The lowest BCUT2D eigenvalue weighted by molar-refractivity contribution is -0.129. The van der Waals surface area contributed by atoms with Crippen LogP contribution in [0.3, 0.4) is 0 Å². The van der Waals surface area contributed by atoms with Gasteiger partial charge in [-0.15, -0.1) is 0 Å². The zero-order valence-corrected chi connectivity index (χ0v) is 18.8. The summed E-state index contributed by atoms with van der Waals surface area (Å²) < 4.78 is 45.3. The van der Waals surface area contributed by atoms with Gasteiger partial charge in [0.05, 0.1) is 18.5 Å². The van der Waals surface area contributed by atoms with E-state index in [4.69, 9.17) is 9.94 Å². The minimum Gasteiger partial charge on any atom is -0.457 e. The molecule has 174 valence electrons. The van der Waals surface area contributed by atoms with E-state index in [2.05, 4.69) is 5.32 Å². The molecule has 3 N–H and O–H groups in total. The Balaban J connectivity index is 1.82. The van der Waals surface area contributed by atoms with Gasteiger partial charge in [0.1, 0.15) is 23.4 Å². The number of carbonyl (C=O) groups is 1. The van der Waals surface area contributed by atoms with E-state index >= 15 is 0 Å². The van der Waals surface area contributed by atoms with Crippen molar-refractivity contribution in [2.75, 3.05) is 22.4 Å². The average molecular weight is 474 g/mol. The summed E-state index contributed by atoms with van der Waals surface area (Å²) >= 11 is 0. The first-order valence-electron chi connectivity index (χ1n) is 9.94. The third kappa shape index (κ3) is 6.67. The van der Waals surface area contributed by atoms with Gasteiger partial charge in [0.25, 0.3) is 5.91 Å². The number of halogens is 1. The predicted molar refractivity (Wildman–Crippen MR) is 124 cm³/mol. The fraction of sp³-hybridized carbons (Fsp3) is 0.174. The molecule has 3 rings (SSSR count). The van der Waals surface area contributed by atoms with Gasteiger partial charge in [-0.3, -0.25) is 14.3 Å². The molecule has 0 aliphatic heterocycles. The second-order valence-corrected chi connectivity index (χ2v) is 9.29. The zero-order valence-electron chi connectivity index (χ0n) is 18.0. The van der Waals surface area contributed by atoms with Crippen LogP contribution >= 0.6 is 0 Å². The first-order valence-corrected chi connectivity index (χ1v) is 11.8. The van der Waals surface area contributed by atoms with Crippen LogP contribution in [0.4, 0.5) is 15.8 Å². The summed E-state index contributed by atoms with van der Waals surface area (Å²) in [5.41, 5.74) is 3.14. The number of amides is 1. The molecule has 10 heteroatoms. The van der Waals surface area contributed by atoms with E-state index < -0.39 is 27.8 Å². The number of hydroxylamine groups is 1. The summed E-state index contributed by atoms with van der Waals surface area (Å²) in [6.07, 6.45) is 1.000. The van der Waals surface area contributed by atoms with Gasteiger partial charge < -0.3 is 10.1 Å². The lowest BCUT2D eigenvalue weighted by Gasteiger charge is -2.27. The lowest BCUT2D eigenvalue weighted by atomic mass is 10.2. The first kappa shape index (κ1) is 24.0. The Morgan fingerprint density at radius 3 is 2.21 bits per heavy atom. The van der Waals surface area contributed by atoms with E-state index in [0.717, 1.165) is 22.2 Å². The standard InChI is InChI=1S/C23H24FN3O5S/c1-16-6-10-20(11-7-16)32-21-12-8-19(9-13-21)27(33(2,30)31)15-22(23(28)26-29)25-18-5-3-4-17(24)14-18/h3-14,22,25,29H,15H2,1-2H3,(H,26,28). The van der Waals surface area contributed by atoms with E-state index in [-0.39, 0.29) is 17.9 Å². The number of benzene rings is 3. The molecule has 0 heterocycles. The van der Waals surface area contributed by atoms with Gasteiger partial charge >= 0.3 is 0 Å². The second-order valence-electron chi connectivity index (χ2n) is 7.39. The number of aryl methyl sites for hydroxylation is 1. The number of anilines is 2. The monoisotopic (exact) mass is 473 g/mol. The Morgan fingerprint density at radius 1 is 1.06 bits per heavy atom. The van der Waals surface area contributed by atoms with Crippen LogP contribution in [0.2, 0.25) is 0 Å². The molecule has 0 bridgehead atoms. The van der Waals surface area contributed by atoms with Crippen molar-refractivity contribution in [3.8, 4) is 11.5 Å². The quantitative estimate of drug-likeness (QED) is 0.323. The maximum atomic E-state index is 13.5. The Bertz CT molecular complexity index is 1200. The number of nitrogens with zero attached hydrogens (tertiary/aromatic N) is 1. The third-order valence-electron chi connectivity index (χ3n) is 4.72. The normalized spacial score (nSPS) is 12.0. The average Bonchev–Trinajstić information content (AvgIpc) is 2.77. The van der Waals surface area contributed by atoms with Crippen molar-refractivity contribution in [2.45, 2.75) is 13.0 Å². The molecule has 0 aliphatic carbocycles. The van der Waals surface area contributed by atoms with Crippen molar-refractivity contribution in [3.63, 3.8) is 0 Å². The Hall–Kier alpha value is -3.63. The molecule has 0 spiro atoms. The highest BCUT2D eigenvalue weighted by Gasteiger charge is 2.27. The van der Waals surface area contributed by atoms with Crippen LogP contribution in [-0.4, -0.2) is 38.4 Å². The lowest BCUT2D eigenvalue weighted by Crippen LogP contribution is -2.48. The van der Waals surface area contributed by atoms with E-state index in [9.17, 15) is 17.6 Å². The third-order valence-corrected chi connectivity index (χ3v) is 5.88. The number of nitrogens with one attached hydrogen (secondary N) is 2. The number of sulfonamides is 1. The Kier molecular flexibility index (Phi) is 7.52. The van der Waals surface area contributed by atoms with E-state index in [1.165, 1.54) is 23.7 Å². The van der Waals surface area contributed by atoms with Gasteiger partial charge in [-0.05, 0) is 61.5 Å². The molecule has 1 unspecified atom stereocenters. The molecule has 0 fully saturated rings. The van der Waals surface area contributed by atoms with Crippen LogP contribution in [0.25, 0.3) is 0 Å². The molecule has 3 aromatic carbocycles. The van der Waals surface area contributed by atoms with Gasteiger partial charge in [-0.2, -0.15) is 0 Å². The number of rotatable bonds is 9. The topological polar surface area (TPSA) is 108 Å². The molecular weight excluding hydrogens is 449 g/mol. The minimum absolute atomic E-state index is 0.249. The van der Waals surface area contributed by atoms with Crippen LogP contribution in [-0.2, 0) is 14.8 Å². The maximum absolute atomic E-state index is 13.5. The molecular formula is C23H24FN3O5S. The van der Waals surface area contributed by atoms with Crippen molar-refractivity contribution < 1.29 is 27.5 Å². The molecule has 33 heavy (non-hydrogen) atoms. The molecule has 3 aromatic rings. The van der Waals surface area contributed by atoms with Crippen LogP contribution in [0.15, 0.2) is 72.8 Å². The number of carbonyl (C=O) groups excluding carboxylic acids is 1. The van der Waals surface area contributed by atoms with Gasteiger partial charge in [0.2, 0.25) is 10.0 Å². The van der Waals surface area contributed by atoms with Gasteiger partial charge in [-0.1, -0.05) is 23.8 Å². The highest BCUT2D eigenvalue weighted by atomic mass is 32.2. The van der Waals surface area contributed by atoms with Crippen molar-refractivity contribution in [3.05, 3.63) is 84.2 Å². The molecule has 0 saturated heterocycles. The molecule has 1 atom stereocenters. The maximum Gasteiger partial charge on any atom is 0.267 e. The van der Waals surface area contributed by atoms with Gasteiger partial charge in [-0.25, -0.2) is 18.3 Å². The van der Waals surface area contributed by atoms with Crippen molar-refractivity contribution in [1.29, 1.82) is 0 Å².